The van der Waals surface area contributed by atoms with Crippen molar-refractivity contribution in [3.63, 3.8) is 0 Å². The molecule has 7 nitrogen and oxygen atoms in total. The molecule has 2 aromatic heterocycles. The topological polar surface area (TPSA) is 84.7 Å². The third-order valence-electron chi connectivity index (χ3n) is 5.90. The van der Waals surface area contributed by atoms with Crippen molar-refractivity contribution < 1.29 is 4.79 Å². The van der Waals surface area contributed by atoms with Crippen LogP contribution in [0.2, 0.25) is 0 Å². The molecule has 5 rings (SSSR count). The van der Waals surface area contributed by atoms with Gasteiger partial charge in [-0.05, 0) is 55.7 Å². The van der Waals surface area contributed by atoms with Gasteiger partial charge in [-0.1, -0.05) is 42.5 Å². The zero-order valence-electron chi connectivity index (χ0n) is 18.7. The number of aryl methyl sites for hydroxylation is 2. The maximum atomic E-state index is 13.4. The third kappa shape index (κ3) is 3.89. The van der Waals surface area contributed by atoms with Gasteiger partial charge in [0, 0.05) is 17.5 Å². The fourth-order valence-electron chi connectivity index (χ4n) is 4.03. The molecule has 0 saturated heterocycles. The summed E-state index contributed by atoms with van der Waals surface area (Å²) in [6.07, 6.45) is 3.30. The van der Waals surface area contributed by atoms with E-state index >= 15 is 0 Å². The van der Waals surface area contributed by atoms with Gasteiger partial charge in [-0.2, -0.15) is 4.98 Å². The number of hydrogen-bond donors (Lipinski definition) is 2. The minimum Gasteiger partial charge on any atom is -0.328 e. The molecule has 2 aromatic carbocycles. The maximum Gasteiger partial charge on any atom is 0.255 e. The third-order valence-corrected chi connectivity index (χ3v) is 5.90. The van der Waals surface area contributed by atoms with Gasteiger partial charge in [0.15, 0.2) is 5.82 Å². The molecular formula is C26H24N6O. The molecule has 33 heavy (non-hydrogen) atoms. The zero-order chi connectivity index (χ0) is 22.9. The number of nitrogens with zero attached hydrogens (tertiary/aromatic N) is 4. The first kappa shape index (κ1) is 20.6. The quantitative estimate of drug-likeness (QED) is 0.476. The number of amides is 1. The first-order chi connectivity index (χ1) is 16.0. The number of benzene rings is 2. The lowest BCUT2D eigenvalue weighted by Gasteiger charge is -2.28. The molecule has 4 aromatic rings. The average Bonchev–Trinajstić information content (AvgIpc) is 3.24. The number of carbonyl (C=O) groups excluding carboxylic acids is 1. The molecule has 164 valence electrons. The monoisotopic (exact) mass is 436 g/mol. The van der Waals surface area contributed by atoms with Gasteiger partial charge in [0.05, 0.1) is 17.5 Å². The van der Waals surface area contributed by atoms with Crippen LogP contribution in [0.25, 0.3) is 11.4 Å². The van der Waals surface area contributed by atoms with E-state index in [4.69, 9.17) is 10.1 Å². The summed E-state index contributed by atoms with van der Waals surface area (Å²) in [6.45, 7) is 6.05. The Balaban J connectivity index is 1.59. The van der Waals surface area contributed by atoms with Gasteiger partial charge in [-0.3, -0.25) is 9.78 Å². The van der Waals surface area contributed by atoms with E-state index in [9.17, 15) is 4.79 Å². The summed E-state index contributed by atoms with van der Waals surface area (Å²) >= 11 is 0. The van der Waals surface area contributed by atoms with Gasteiger partial charge in [-0.15, -0.1) is 5.10 Å². The van der Waals surface area contributed by atoms with Crippen molar-refractivity contribution in [2.75, 3.05) is 10.6 Å². The van der Waals surface area contributed by atoms with E-state index in [-0.39, 0.29) is 5.91 Å². The second-order valence-corrected chi connectivity index (χ2v) is 8.18. The number of hydrogen-bond acceptors (Lipinski definition) is 5. The van der Waals surface area contributed by atoms with Crippen LogP contribution in [-0.2, 0) is 4.79 Å². The fraction of sp³-hybridized carbons (Fsp3) is 0.154. The molecule has 1 aliphatic heterocycles. The van der Waals surface area contributed by atoms with E-state index in [2.05, 4.69) is 41.6 Å². The Morgan fingerprint density at radius 3 is 2.55 bits per heavy atom. The summed E-state index contributed by atoms with van der Waals surface area (Å²) in [6, 6.07) is 19.2. The molecule has 1 unspecified atom stereocenters. The molecule has 3 heterocycles. The van der Waals surface area contributed by atoms with Crippen molar-refractivity contribution in [1.29, 1.82) is 0 Å². The number of aromatic nitrogens is 4. The number of carbonyl (C=O) groups is 1. The zero-order valence-corrected chi connectivity index (χ0v) is 18.7. The molecule has 7 heteroatoms. The van der Waals surface area contributed by atoms with Crippen LogP contribution < -0.4 is 10.6 Å². The predicted molar refractivity (Wildman–Crippen MR) is 129 cm³/mol. The first-order valence-electron chi connectivity index (χ1n) is 10.8. The molecule has 0 spiro atoms. The largest absolute Gasteiger partial charge is 0.328 e. The van der Waals surface area contributed by atoms with Crippen molar-refractivity contribution in [1.82, 2.24) is 19.7 Å². The maximum absolute atomic E-state index is 13.4. The Labute approximate surface area is 192 Å². The summed E-state index contributed by atoms with van der Waals surface area (Å²) in [4.78, 5) is 22.3. The summed E-state index contributed by atoms with van der Waals surface area (Å²) in [7, 11) is 0. The smallest absolute Gasteiger partial charge is 0.255 e. The lowest BCUT2D eigenvalue weighted by Crippen LogP contribution is -2.31. The molecule has 0 radical (unpaired) electrons. The van der Waals surface area contributed by atoms with E-state index < -0.39 is 6.04 Å². The second kappa shape index (κ2) is 8.35. The summed E-state index contributed by atoms with van der Waals surface area (Å²) in [5.74, 6) is 1.01. The highest BCUT2D eigenvalue weighted by Gasteiger charge is 2.34. The number of fused-ring (bicyclic) bond motifs is 1. The van der Waals surface area contributed by atoms with E-state index in [0.717, 1.165) is 16.8 Å². The Kier molecular flexibility index (Phi) is 5.22. The Morgan fingerprint density at radius 2 is 1.82 bits per heavy atom. The van der Waals surface area contributed by atoms with Crippen molar-refractivity contribution in [2.24, 2.45) is 0 Å². The van der Waals surface area contributed by atoms with E-state index in [1.165, 1.54) is 11.1 Å². The van der Waals surface area contributed by atoms with Crippen LogP contribution in [-0.4, -0.2) is 25.7 Å². The highest BCUT2D eigenvalue weighted by atomic mass is 16.1. The van der Waals surface area contributed by atoms with E-state index in [1.54, 1.807) is 23.1 Å². The van der Waals surface area contributed by atoms with Crippen molar-refractivity contribution in [2.45, 2.75) is 26.8 Å². The van der Waals surface area contributed by atoms with Crippen LogP contribution >= 0.6 is 0 Å². The Morgan fingerprint density at radius 1 is 1.00 bits per heavy atom. The minimum atomic E-state index is -0.424. The van der Waals surface area contributed by atoms with Gasteiger partial charge in [-0.25, -0.2) is 4.68 Å². The second-order valence-electron chi connectivity index (χ2n) is 8.18. The van der Waals surface area contributed by atoms with Crippen LogP contribution in [0.4, 0.5) is 11.6 Å². The Hall–Kier alpha value is -4.26. The standard InChI is InChI=1S/C26H24N6O/c1-16-11-12-20(14-17(16)2)24-30-26-28-18(3)22(25(33)29-21-10-7-13-27-15-21)23(32(26)31-24)19-8-5-4-6-9-19/h4-15,23H,1-3H3,(H,29,33)(H,28,30,31). The number of anilines is 2. The van der Waals surface area contributed by atoms with Crippen molar-refractivity contribution in [3.05, 3.63) is 101 Å². The van der Waals surface area contributed by atoms with E-state index in [1.807, 2.05) is 49.4 Å². The summed E-state index contributed by atoms with van der Waals surface area (Å²) in [5, 5.41) is 11.1. The van der Waals surface area contributed by atoms with Gasteiger partial charge < -0.3 is 10.6 Å². The van der Waals surface area contributed by atoms with E-state index in [0.29, 0.717) is 23.0 Å². The number of rotatable bonds is 4. The van der Waals surface area contributed by atoms with Gasteiger partial charge >= 0.3 is 0 Å². The normalized spacial score (nSPS) is 15.1. The molecular weight excluding hydrogens is 412 g/mol. The van der Waals surface area contributed by atoms with Crippen LogP contribution in [0.15, 0.2) is 84.3 Å². The SMILES string of the molecule is CC1=C(C(=O)Nc2cccnc2)C(c2ccccc2)n2nc(-c3ccc(C)c(C)c3)nc2N1. The summed E-state index contributed by atoms with van der Waals surface area (Å²) < 4.78 is 1.80. The van der Waals surface area contributed by atoms with Gasteiger partial charge in [0.1, 0.15) is 6.04 Å². The van der Waals surface area contributed by atoms with Crippen molar-refractivity contribution >= 4 is 17.5 Å². The molecule has 0 saturated carbocycles. The lowest BCUT2D eigenvalue weighted by molar-refractivity contribution is -0.113. The highest BCUT2D eigenvalue weighted by Crippen LogP contribution is 2.36. The minimum absolute atomic E-state index is 0.212. The van der Waals surface area contributed by atoms with Gasteiger partial charge in [0.2, 0.25) is 5.95 Å². The lowest BCUT2D eigenvalue weighted by atomic mass is 9.95. The predicted octanol–water partition coefficient (Wildman–Crippen LogP) is 4.88. The van der Waals surface area contributed by atoms with Crippen LogP contribution in [0, 0.1) is 13.8 Å². The molecule has 2 N–H and O–H groups in total. The van der Waals surface area contributed by atoms with Gasteiger partial charge in [0.25, 0.3) is 5.91 Å². The molecule has 0 aliphatic carbocycles. The molecule has 1 aliphatic rings. The van der Waals surface area contributed by atoms with Crippen LogP contribution in [0.5, 0.6) is 0 Å². The number of nitrogens with one attached hydrogen (secondary N) is 2. The van der Waals surface area contributed by atoms with Crippen LogP contribution in [0.3, 0.4) is 0 Å². The Bertz CT molecular complexity index is 1360. The van der Waals surface area contributed by atoms with Crippen molar-refractivity contribution in [3.8, 4) is 11.4 Å². The molecule has 1 amide bonds. The first-order valence-corrected chi connectivity index (χ1v) is 10.8. The molecule has 1 atom stereocenters. The fourth-order valence-corrected chi connectivity index (χ4v) is 4.03. The number of pyridine rings is 1. The molecule has 0 fully saturated rings. The summed E-state index contributed by atoms with van der Waals surface area (Å²) in [5.41, 5.74) is 6.23. The average molecular weight is 437 g/mol. The molecule has 0 bridgehead atoms. The highest BCUT2D eigenvalue weighted by molar-refractivity contribution is 6.05. The van der Waals surface area contributed by atoms with Crippen LogP contribution in [0.1, 0.15) is 29.7 Å². The number of allylic oxidation sites excluding steroid dienone is 1.